The fourth-order valence-electron chi connectivity index (χ4n) is 2.40. The molecule has 3 rings (SSSR count). The zero-order chi connectivity index (χ0) is 15.0. The maximum absolute atomic E-state index is 12.4. The molecule has 0 saturated heterocycles. The molecule has 1 N–H and O–H groups in total. The van der Waals surface area contributed by atoms with E-state index < -0.39 is 5.54 Å². The van der Waals surface area contributed by atoms with Gasteiger partial charge in [-0.3, -0.25) is 5.32 Å². The Morgan fingerprint density at radius 3 is 2.90 bits per heavy atom. The summed E-state index contributed by atoms with van der Waals surface area (Å²) < 4.78 is 12.1. The second-order valence-corrected chi connectivity index (χ2v) is 6.47. The van der Waals surface area contributed by atoms with Crippen molar-refractivity contribution in [1.29, 1.82) is 0 Å². The van der Waals surface area contributed by atoms with Gasteiger partial charge in [-0.25, -0.2) is 4.79 Å². The first-order valence-electron chi connectivity index (χ1n) is 7.17. The van der Waals surface area contributed by atoms with Gasteiger partial charge in [-0.05, 0) is 51.0 Å². The zero-order valence-corrected chi connectivity index (χ0v) is 13.7. The summed E-state index contributed by atoms with van der Waals surface area (Å²) in [6, 6.07) is 8.06. The van der Waals surface area contributed by atoms with Crippen molar-refractivity contribution >= 4 is 32.9 Å². The number of nitrogens with one attached hydrogen (secondary N) is 1. The van der Waals surface area contributed by atoms with E-state index in [-0.39, 0.29) is 5.97 Å². The average molecular weight is 352 g/mol. The molecule has 0 aliphatic heterocycles. The van der Waals surface area contributed by atoms with Gasteiger partial charge in [0, 0.05) is 15.9 Å². The minimum Gasteiger partial charge on any atom is -0.464 e. The van der Waals surface area contributed by atoms with Crippen LogP contribution in [0.2, 0.25) is 0 Å². The van der Waals surface area contributed by atoms with Crippen molar-refractivity contribution in [2.75, 3.05) is 6.61 Å². The normalized spacial score (nSPS) is 17.7. The van der Waals surface area contributed by atoms with E-state index in [2.05, 4.69) is 21.2 Å². The van der Waals surface area contributed by atoms with Crippen LogP contribution in [0.1, 0.15) is 32.4 Å². The van der Waals surface area contributed by atoms with Gasteiger partial charge in [0.1, 0.15) is 11.3 Å². The SMILES string of the molecule is CCOC(=O)C(C)(NC1CC1)c1cc2cc(Br)ccc2o1. The summed E-state index contributed by atoms with van der Waals surface area (Å²) in [4.78, 5) is 12.4. The Balaban J connectivity index is 2.02. The van der Waals surface area contributed by atoms with E-state index in [1.165, 1.54) is 0 Å². The topological polar surface area (TPSA) is 51.5 Å². The van der Waals surface area contributed by atoms with Crippen LogP contribution in [0.5, 0.6) is 0 Å². The molecule has 1 unspecified atom stereocenters. The highest BCUT2D eigenvalue weighted by Crippen LogP contribution is 2.34. The van der Waals surface area contributed by atoms with Gasteiger partial charge in [-0.1, -0.05) is 15.9 Å². The Hall–Kier alpha value is -1.33. The van der Waals surface area contributed by atoms with E-state index in [1.54, 1.807) is 0 Å². The van der Waals surface area contributed by atoms with Crippen molar-refractivity contribution in [1.82, 2.24) is 5.32 Å². The van der Waals surface area contributed by atoms with Crippen molar-refractivity contribution in [2.45, 2.75) is 38.3 Å². The summed E-state index contributed by atoms with van der Waals surface area (Å²) in [5.41, 5.74) is -0.177. The Morgan fingerprint density at radius 2 is 2.24 bits per heavy atom. The summed E-state index contributed by atoms with van der Waals surface area (Å²) in [6.07, 6.45) is 2.17. The van der Waals surface area contributed by atoms with Crippen LogP contribution in [-0.4, -0.2) is 18.6 Å². The van der Waals surface area contributed by atoms with E-state index in [4.69, 9.17) is 9.15 Å². The van der Waals surface area contributed by atoms with E-state index in [1.807, 2.05) is 38.1 Å². The Labute approximate surface area is 132 Å². The van der Waals surface area contributed by atoms with Crippen LogP contribution in [0.25, 0.3) is 11.0 Å². The van der Waals surface area contributed by atoms with E-state index in [9.17, 15) is 4.79 Å². The quantitative estimate of drug-likeness (QED) is 0.834. The number of halogens is 1. The Morgan fingerprint density at radius 1 is 1.48 bits per heavy atom. The highest BCUT2D eigenvalue weighted by molar-refractivity contribution is 9.10. The summed E-state index contributed by atoms with van der Waals surface area (Å²) in [7, 11) is 0. The largest absolute Gasteiger partial charge is 0.464 e. The Bertz CT molecular complexity index is 677. The molecule has 1 aromatic heterocycles. The van der Waals surface area contributed by atoms with Crippen molar-refractivity contribution in [3.05, 3.63) is 34.5 Å². The molecule has 1 saturated carbocycles. The molecule has 112 valence electrons. The molecule has 1 fully saturated rings. The lowest BCUT2D eigenvalue weighted by Gasteiger charge is -2.26. The number of benzene rings is 1. The minimum atomic E-state index is -0.942. The van der Waals surface area contributed by atoms with E-state index in [0.29, 0.717) is 18.4 Å². The second kappa shape index (κ2) is 5.46. The van der Waals surface area contributed by atoms with Crippen LogP contribution in [0, 0.1) is 0 Å². The summed E-state index contributed by atoms with van der Waals surface area (Å²) in [5, 5.41) is 4.33. The number of hydrogen-bond donors (Lipinski definition) is 1. The fourth-order valence-corrected chi connectivity index (χ4v) is 2.78. The molecular formula is C16H18BrNO3. The van der Waals surface area contributed by atoms with Gasteiger partial charge in [0.25, 0.3) is 0 Å². The standard InChI is InChI=1S/C16H18BrNO3/c1-3-20-15(19)16(2,18-12-5-6-12)14-9-10-8-11(17)4-7-13(10)21-14/h4,7-9,12,18H,3,5-6H2,1-2H3. The van der Waals surface area contributed by atoms with Gasteiger partial charge in [0.05, 0.1) is 6.61 Å². The molecule has 4 nitrogen and oxygen atoms in total. The highest BCUT2D eigenvalue weighted by atomic mass is 79.9. The third-order valence-corrected chi connectivity index (χ3v) is 4.22. The van der Waals surface area contributed by atoms with Crippen LogP contribution >= 0.6 is 15.9 Å². The average Bonchev–Trinajstić information content (AvgIpc) is 3.14. The smallest absolute Gasteiger partial charge is 0.334 e. The lowest BCUT2D eigenvalue weighted by Crippen LogP contribution is -2.48. The molecule has 1 aromatic carbocycles. The van der Waals surface area contributed by atoms with E-state index >= 15 is 0 Å². The van der Waals surface area contributed by atoms with Gasteiger partial charge >= 0.3 is 5.97 Å². The predicted molar refractivity (Wildman–Crippen MR) is 84.1 cm³/mol. The molecular weight excluding hydrogens is 334 g/mol. The molecule has 21 heavy (non-hydrogen) atoms. The minimum absolute atomic E-state index is 0.296. The van der Waals surface area contributed by atoms with Crippen LogP contribution in [0.3, 0.4) is 0 Å². The molecule has 2 aromatic rings. The number of ether oxygens (including phenoxy) is 1. The highest BCUT2D eigenvalue weighted by Gasteiger charge is 2.43. The third kappa shape index (κ3) is 2.85. The molecule has 0 spiro atoms. The summed E-state index contributed by atoms with van der Waals surface area (Å²) in [5.74, 6) is 0.302. The molecule has 1 atom stereocenters. The first kappa shape index (κ1) is 14.6. The van der Waals surface area contributed by atoms with Gasteiger partial charge in [0.15, 0.2) is 5.54 Å². The molecule has 1 aliphatic rings. The summed E-state index contributed by atoms with van der Waals surface area (Å²) in [6.45, 7) is 3.99. The van der Waals surface area contributed by atoms with Crippen LogP contribution in [-0.2, 0) is 15.1 Å². The van der Waals surface area contributed by atoms with Gasteiger partial charge in [-0.15, -0.1) is 0 Å². The van der Waals surface area contributed by atoms with Gasteiger partial charge < -0.3 is 9.15 Å². The van der Waals surface area contributed by atoms with Crippen molar-refractivity contribution in [3.8, 4) is 0 Å². The monoisotopic (exact) mass is 351 g/mol. The molecule has 0 radical (unpaired) electrons. The fraction of sp³-hybridized carbons (Fsp3) is 0.438. The maximum atomic E-state index is 12.4. The third-order valence-electron chi connectivity index (χ3n) is 3.72. The number of rotatable bonds is 5. The molecule has 1 aliphatic carbocycles. The number of carbonyl (C=O) groups is 1. The van der Waals surface area contributed by atoms with Crippen LogP contribution in [0.4, 0.5) is 0 Å². The van der Waals surface area contributed by atoms with Gasteiger partial charge in [0.2, 0.25) is 0 Å². The van der Waals surface area contributed by atoms with Crippen LogP contribution in [0.15, 0.2) is 33.2 Å². The van der Waals surface area contributed by atoms with Crippen molar-refractivity contribution < 1.29 is 13.9 Å². The molecule has 1 heterocycles. The number of fused-ring (bicyclic) bond motifs is 1. The molecule has 0 amide bonds. The number of hydrogen-bond acceptors (Lipinski definition) is 4. The van der Waals surface area contributed by atoms with Crippen molar-refractivity contribution in [2.24, 2.45) is 0 Å². The molecule has 5 heteroatoms. The predicted octanol–water partition coefficient (Wildman–Crippen LogP) is 3.73. The lowest BCUT2D eigenvalue weighted by molar-refractivity contribution is -0.151. The van der Waals surface area contributed by atoms with Crippen molar-refractivity contribution in [3.63, 3.8) is 0 Å². The Kier molecular flexibility index (Phi) is 3.80. The van der Waals surface area contributed by atoms with Crippen LogP contribution < -0.4 is 5.32 Å². The number of carbonyl (C=O) groups excluding carboxylic acids is 1. The maximum Gasteiger partial charge on any atom is 0.334 e. The lowest BCUT2D eigenvalue weighted by atomic mass is 9.98. The molecule has 0 bridgehead atoms. The zero-order valence-electron chi connectivity index (χ0n) is 12.1. The second-order valence-electron chi connectivity index (χ2n) is 5.56. The number of furan rings is 1. The first-order chi connectivity index (χ1) is 10.0. The number of esters is 1. The summed E-state index contributed by atoms with van der Waals surface area (Å²) >= 11 is 3.45. The first-order valence-corrected chi connectivity index (χ1v) is 7.96. The van der Waals surface area contributed by atoms with E-state index in [0.717, 1.165) is 28.3 Å². The van der Waals surface area contributed by atoms with Gasteiger partial charge in [-0.2, -0.15) is 0 Å².